The molecule has 0 saturated carbocycles. The van der Waals surface area contributed by atoms with E-state index in [0.29, 0.717) is 40.7 Å². The molecule has 198 valence electrons. The molecule has 0 fully saturated rings. The number of aryl methyl sites for hydroxylation is 1. The first-order valence-electron chi connectivity index (χ1n) is 11.9. The van der Waals surface area contributed by atoms with Crippen molar-refractivity contribution in [2.45, 2.75) is 30.9 Å². The molecule has 4 aromatic rings. The molecule has 0 saturated heterocycles. The molecule has 0 amide bonds. The Bertz CT molecular complexity index is 1380. The average Bonchev–Trinajstić information content (AvgIpc) is 3.28. The van der Waals surface area contributed by atoms with Gasteiger partial charge in [0.25, 0.3) is 0 Å². The van der Waals surface area contributed by atoms with Gasteiger partial charge in [-0.25, -0.2) is 0 Å². The fraction of sp³-hybridized carbons (Fsp3) is 0.259. The zero-order valence-corrected chi connectivity index (χ0v) is 22.7. The third kappa shape index (κ3) is 6.76. The van der Waals surface area contributed by atoms with Gasteiger partial charge in [-0.2, -0.15) is 0 Å². The molecule has 38 heavy (non-hydrogen) atoms. The Balaban J connectivity index is 1.61. The highest BCUT2D eigenvalue weighted by Crippen LogP contribution is 2.40. The SMILES string of the molecule is CCOc1cc([C@H](C[N+](=O)[O-])Sc2nnc(C)n2-c2ccc(OC)cc2)ccc1OCc1ccc(Cl)cc1. The van der Waals surface area contributed by atoms with Crippen molar-refractivity contribution >= 4 is 23.4 Å². The van der Waals surface area contributed by atoms with Crippen molar-refractivity contribution in [2.24, 2.45) is 0 Å². The predicted octanol–water partition coefficient (Wildman–Crippen LogP) is 6.33. The minimum atomic E-state index is -0.546. The van der Waals surface area contributed by atoms with Crippen LogP contribution in [0.4, 0.5) is 0 Å². The monoisotopic (exact) mass is 554 g/mol. The summed E-state index contributed by atoms with van der Waals surface area (Å²) in [7, 11) is 1.60. The third-order valence-corrected chi connectivity index (χ3v) is 7.07. The van der Waals surface area contributed by atoms with E-state index in [1.54, 1.807) is 31.4 Å². The summed E-state index contributed by atoms with van der Waals surface area (Å²) >= 11 is 7.24. The fourth-order valence-electron chi connectivity index (χ4n) is 3.78. The number of nitrogens with zero attached hydrogens (tertiary/aromatic N) is 4. The van der Waals surface area contributed by atoms with Crippen molar-refractivity contribution in [1.29, 1.82) is 0 Å². The molecule has 3 aromatic carbocycles. The molecule has 0 spiro atoms. The van der Waals surface area contributed by atoms with E-state index in [0.717, 1.165) is 22.6 Å². The van der Waals surface area contributed by atoms with Crippen LogP contribution in [0.5, 0.6) is 17.2 Å². The summed E-state index contributed by atoms with van der Waals surface area (Å²) in [6.07, 6.45) is 0. The number of methoxy groups -OCH3 is 1. The molecule has 0 radical (unpaired) electrons. The molecular weight excluding hydrogens is 528 g/mol. The molecule has 0 unspecified atom stereocenters. The Morgan fingerprint density at radius 2 is 1.76 bits per heavy atom. The normalized spacial score (nSPS) is 11.7. The molecule has 9 nitrogen and oxygen atoms in total. The number of rotatable bonds is 12. The maximum absolute atomic E-state index is 11.6. The Kier molecular flexibility index (Phi) is 9.09. The lowest BCUT2D eigenvalue weighted by Crippen LogP contribution is -2.11. The van der Waals surface area contributed by atoms with Crippen LogP contribution in [-0.4, -0.2) is 39.9 Å². The first kappa shape index (κ1) is 27.3. The summed E-state index contributed by atoms with van der Waals surface area (Å²) in [5.41, 5.74) is 2.50. The van der Waals surface area contributed by atoms with Gasteiger partial charge in [-0.1, -0.05) is 41.6 Å². The van der Waals surface area contributed by atoms with Crippen LogP contribution in [0.25, 0.3) is 5.69 Å². The quantitative estimate of drug-likeness (QED) is 0.114. The lowest BCUT2D eigenvalue weighted by atomic mass is 10.1. The first-order valence-corrected chi connectivity index (χ1v) is 13.1. The second kappa shape index (κ2) is 12.7. The summed E-state index contributed by atoms with van der Waals surface area (Å²) in [6, 6.07) is 20.3. The van der Waals surface area contributed by atoms with Crippen molar-refractivity contribution in [1.82, 2.24) is 14.8 Å². The van der Waals surface area contributed by atoms with Crippen molar-refractivity contribution < 1.29 is 19.1 Å². The second-order valence-electron chi connectivity index (χ2n) is 8.24. The maximum atomic E-state index is 11.6. The molecule has 1 heterocycles. The van der Waals surface area contributed by atoms with Gasteiger partial charge in [0.05, 0.1) is 13.7 Å². The lowest BCUT2D eigenvalue weighted by molar-refractivity contribution is -0.479. The van der Waals surface area contributed by atoms with Gasteiger partial charge in [-0.3, -0.25) is 14.7 Å². The van der Waals surface area contributed by atoms with Gasteiger partial charge < -0.3 is 14.2 Å². The Morgan fingerprint density at radius 3 is 2.42 bits per heavy atom. The van der Waals surface area contributed by atoms with Crippen LogP contribution >= 0.6 is 23.4 Å². The number of nitro groups is 1. The topological polar surface area (TPSA) is 102 Å². The summed E-state index contributed by atoms with van der Waals surface area (Å²) in [5.74, 6) is 2.45. The van der Waals surface area contributed by atoms with E-state index < -0.39 is 5.25 Å². The van der Waals surface area contributed by atoms with Crippen LogP contribution < -0.4 is 14.2 Å². The summed E-state index contributed by atoms with van der Waals surface area (Å²) < 4.78 is 19.0. The molecule has 11 heteroatoms. The number of thioether (sulfide) groups is 1. The number of hydrogen-bond donors (Lipinski definition) is 0. The fourth-order valence-corrected chi connectivity index (χ4v) is 5.07. The second-order valence-corrected chi connectivity index (χ2v) is 9.85. The lowest BCUT2D eigenvalue weighted by Gasteiger charge is -2.17. The van der Waals surface area contributed by atoms with Crippen LogP contribution in [0.15, 0.2) is 71.9 Å². The van der Waals surface area contributed by atoms with Crippen LogP contribution in [0.1, 0.15) is 29.1 Å². The van der Waals surface area contributed by atoms with Gasteiger partial charge in [0, 0.05) is 15.6 Å². The van der Waals surface area contributed by atoms with Gasteiger partial charge in [0.1, 0.15) is 23.4 Å². The van der Waals surface area contributed by atoms with Gasteiger partial charge in [0.2, 0.25) is 6.54 Å². The zero-order valence-electron chi connectivity index (χ0n) is 21.2. The standard InChI is InChI=1S/C27H27ClN4O5S/c1-4-36-25-15-20(7-14-24(25)37-17-19-5-8-21(28)9-6-19)26(16-31(33)34)38-27-30-29-18(2)32(27)22-10-12-23(35-3)13-11-22/h5-15,26H,4,16-17H2,1-3H3/t26-/m0/s1. The summed E-state index contributed by atoms with van der Waals surface area (Å²) in [4.78, 5) is 11.3. The number of aromatic nitrogens is 3. The molecule has 1 aromatic heterocycles. The van der Waals surface area contributed by atoms with Gasteiger partial charge in [-0.15, -0.1) is 10.2 Å². The molecule has 0 aliphatic rings. The molecule has 0 aliphatic heterocycles. The van der Waals surface area contributed by atoms with Gasteiger partial charge in [-0.05, 0) is 73.5 Å². The van der Waals surface area contributed by atoms with Crippen molar-refractivity contribution in [3.8, 4) is 22.9 Å². The zero-order chi connectivity index (χ0) is 27.1. The molecular formula is C27H27ClN4O5S. The third-order valence-electron chi connectivity index (χ3n) is 5.64. The number of hydrogen-bond acceptors (Lipinski definition) is 8. The van der Waals surface area contributed by atoms with E-state index >= 15 is 0 Å². The highest BCUT2D eigenvalue weighted by molar-refractivity contribution is 7.99. The van der Waals surface area contributed by atoms with E-state index in [-0.39, 0.29) is 11.5 Å². The minimum Gasteiger partial charge on any atom is -0.497 e. The Hall–Kier alpha value is -3.76. The Labute approximate surface area is 229 Å². The van der Waals surface area contributed by atoms with E-state index in [1.165, 1.54) is 11.8 Å². The van der Waals surface area contributed by atoms with Crippen molar-refractivity contribution in [2.75, 3.05) is 20.3 Å². The Morgan fingerprint density at radius 1 is 1.03 bits per heavy atom. The van der Waals surface area contributed by atoms with E-state index in [2.05, 4.69) is 10.2 Å². The summed E-state index contributed by atoms with van der Waals surface area (Å²) in [5, 5.41) is 20.8. The number of benzene rings is 3. The van der Waals surface area contributed by atoms with E-state index in [1.807, 2.05) is 60.9 Å². The number of ether oxygens (including phenoxy) is 3. The molecule has 0 aliphatic carbocycles. The van der Waals surface area contributed by atoms with Crippen LogP contribution in [-0.2, 0) is 6.61 Å². The largest absolute Gasteiger partial charge is 0.497 e. The van der Waals surface area contributed by atoms with Crippen molar-refractivity contribution in [3.63, 3.8) is 0 Å². The van der Waals surface area contributed by atoms with Crippen LogP contribution in [0.2, 0.25) is 5.02 Å². The van der Waals surface area contributed by atoms with Gasteiger partial charge in [0.15, 0.2) is 16.7 Å². The number of halogens is 1. The molecule has 0 N–H and O–H groups in total. The van der Waals surface area contributed by atoms with Crippen molar-refractivity contribution in [3.05, 3.63) is 98.8 Å². The highest BCUT2D eigenvalue weighted by Gasteiger charge is 2.25. The average molecular weight is 555 g/mol. The van der Waals surface area contributed by atoms with E-state index in [4.69, 9.17) is 25.8 Å². The minimum absolute atomic E-state index is 0.310. The highest BCUT2D eigenvalue weighted by atomic mass is 35.5. The maximum Gasteiger partial charge on any atom is 0.220 e. The molecule has 0 bridgehead atoms. The first-order chi connectivity index (χ1) is 18.4. The van der Waals surface area contributed by atoms with E-state index in [9.17, 15) is 10.1 Å². The molecule has 4 rings (SSSR count). The molecule has 1 atom stereocenters. The summed E-state index contributed by atoms with van der Waals surface area (Å²) in [6.45, 7) is 4.14. The van der Waals surface area contributed by atoms with Crippen LogP contribution in [0, 0.1) is 17.0 Å². The van der Waals surface area contributed by atoms with Crippen LogP contribution in [0.3, 0.4) is 0 Å². The predicted molar refractivity (Wildman–Crippen MR) is 147 cm³/mol. The smallest absolute Gasteiger partial charge is 0.220 e. The van der Waals surface area contributed by atoms with Gasteiger partial charge >= 0.3 is 0 Å².